The predicted octanol–water partition coefficient (Wildman–Crippen LogP) is 3.19. The molecule has 0 aliphatic heterocycles. The van der Waals surface area contributed by atoms with Crippen molar-refractivity contribution in [1.29, 1.82) is 0 Å². The summed E-state index contributed by atoms with van der Waals surface area (Å²) in [5.74, 6) is 1.48. The van der Waals surface area contributed by atoms with Crippen molar-refractivity contribution in [2.24, 2.45) is 0 Å². The average molecular weight is 229 g/mol. The van der Waals surface area contributed by atoms with E-state index in [1.165, 1.54) is 5.56 Å². The van der Waals surface area contributed by atoms with Crippen molar-refractivity contribution in [3.63, 3.8) is 0 Å². The Morgan fingerprint density at radius 3 is 2.33 bits per heavy atom. The van der Waals surface area contributed by atoms with Crippen molar-refractivity contribution in [2.75, 3.05) is 12.4 Å². The molecule has 0 unspecified atom stereocenters. The lowest BCUT2D eigenvalue weighted by atomic mass is 10.0. The summed E-state index contributed by atoms with van der Waals surface area (Å²) in [7, 11) is 1.68. The molecule has 0 N–H and O–H groups in total. The van der Waals surface area contributed by atoms with Crippen LogP contribution in [0.25, 0.3) is 0 Å². The summed E-state index contributed by atoms with van der Waals surface area (Å²) in [6, 6.07) is 8.19. The number of hydrogen-bond acceptors (Lipinski definition) is 1. The van der Waals surface area contributed by atoms with E-state index < -0.39 is 0 Å². The van der Waals surface area contributed by atoms with E-state index in [1.54, 1.807) is 7.11 Å². The molecule has 1 atom stereocenters. The van der Waals surface area contributed by atoms with Gasteiger partial charge in [-0.2, -0.15) is 0 Å². The van der Waals surface area contributed by atoms with E-state index in [9.17, 15) is 0 Å². The second-order valence-electron chi connectivity index (χ2n) is 2.83. The molecule has 1 nitrogen and oxygen atoms in total. The van der Waals surface area contributed by atoms with Crippen molar-refractivity contribution < 1.29 is 4.74 Å². The standard InChI is InChI=1S/C10H13BrO/c1-8(7-11)9-3-5-10(12-2)6-4-9/h3-6,8H,7H2,1-2H3/t8-/m0/s1. The van der Waals surface area contributed by atoms with E-state index in [0.717, 1.165) is 11.1 Å². The summed E-state index contributed by atoms with van der Waals surface area (Å²) in [6.07, 6.45) is 0. The van der Waals surface area contributed by atoms with E-state index in [2.05, 4.69) is 35.0 Å². The highest BCUT2D eigenvalue weighted by Gasteiger charge is 2.02. The van der Waals surface area contributed by atoms with E-state index in [-0.39, 0.29) is 0 Å². The van der Waals surface area contributed by atoms with Crippen LogP contribution in [-0.4, -0.2) is 12.4 Å². The average Bonchev–Trinajstić information content (AvgIpc) is 2.17. The van der Waals surface area contributed by atoms with Crippen LogP contribution < -0.4 is 4.74 Å². The molecule has 0 bridgehead atoms. The van der Waals surface area contributed by atoms with Crippen LogP contribution >= 0.6 is 15.9 Å². The van der Waals surface area contributed by atoms with Gasteiger partial charge in [-0.1, -0.05) is 35.0 Å². The Balaban J connectivity index is 2.77. The van der Waals surface area contributed by atoms with Gasteiger partial charge in [-0.3, -0.25) is 0 Å². The third-order valence-corrected chi connectivity index (χ3v) is 2.89. The van der Waals surface area contributed by atoms with Gasteiger partial charge in [0.1, 0.15) is 5.75 Å². The zero-order valence-electron chi connectivity index (χ0n) is 7.38. The molecule has 0 aliphatic rings. The highest BCUT2D eigenvalue weighted by molar-refractivity contribution is 9.09. The van der Waals surface area contributed by atoms with Crippen molar-refractivity contribution in [2.45, 2.75) is 12.8 Å². The third-order valence-electron chi connectivity index (χ3n) is 1.92. The van der Waals surface area contributed by atoms with Gasteiger partial charge in [0, 0.05) is 5.33 Å². The number of hydrogen-bond donors (Lipinski definition) is 0. The minimum Gasteiger partial charge on any atom is -0.497 e. The quantitative estimate of drug-likeness (QED) is 0.723. The van der Waals surface area contributed by atoms with E-state index in [1.807, 2.05) is 12.1 Å². The van der Waals surface area contributed by atoms with Gasteiger partial charge in [0.15, 0.2) is 0 Å². The smallest absolute Gasteiger partial charge is 0.118 e. The minimum absolute atomic E-state index is 0.566. The number of methoxy groups -OCH3 is 1. The van der Waals surface area contributed by atoms with Gasteiger partial charge < -0.3 is 4.74 Å². The Labute approximate surface area is 81.9 Å². The van der Waals surface area contributed by atoms with Crippen LogP contribution in [0.2, 0.25) is 0 Å². The number of benzene rings is 1. The van der Waals surface area contributed by atoms with Crippen LogP contribution in [0.4, 0.5) is 0 Å². The fourth-order valence-electron chi connectivity index (χ4n) is 1.02. The molecule has 0 aliphatic carbocycles. The number of halogens is 1. The van der Waals surface area contributed by atoms with Gasteiger partial charge in [-0.25, -0.2) is 0 Å². The highest BCUT2D eigenvalue weighted by atomic mass is 79.9. The summed E-state index contributed by atoms with van der Waals surface area (Å²) in [5, 5.41) is 0.999. The number of alkyl halides is 1. The summed E-state index contributed by atoms with van der Waals surface area (Å²) < 4.78 is 5.07. The minimum atomic E-state index is 0.566. The number of rotatable bonds is 3. The zero-order valence-corrected chi connectivity index (χ0v) is 8.97. The van der Waals surface area contributed by atoms with E-state index >= 15 is 0 Å². The van der Waals surface area contributed by atoms with Crippen molar-refractivity contribution in [1.82, 2.24) is 0 Å². The van der Waals surface area contributed by atoms with Gasteiger partial charge in [0.05, 0.1) is 7.11 Å². The van der Waals surface area contributed by atoms with E-state index in [0.29, 0.717) is 5.92 Å². The van der Waals surface area contributed by atoms with Gasteiger partial charge in [-0.15, -0.1) is 0 Å². The molecule has 0 aromatic heterocycles. The summed E-state index contributed by atoms with van der Waals surface area (Å²) in [4.78, 5) is 0. The Kier molecular flexibility index (Phi) is 3.60. The number of ether oxygens (including phenoxy) is 1. The second-order valence-corrected chi connectivity index (χ2v) is 3.48. The molecule has 0 fully saturated rings. The molecule has 1 aromatic carbocycles. The molecule has 0 heterocycles. The lowest BCUT2D eigenvalue weighted by Crippen LogP contribution is -1.93. The van der Waals surface area contributed by atoms with Gasteiger partial charge >= 0.3 is 0 Å². The van der Waals surface area contributed by atoms with Gasteiger partial charge in [0.25, 0.3) is 0 Å². The Morgan fingerprint density at radius 1 is 1.33 bits per heavy atom. The van der Waals surface area contributed by atoms with Gasteiger partial charge in [0.2, 0.25) is 0 Å². The van der Waals surface area contributed by atoms with Gasteiger partial charge in [-0.05, 0) is 23.6 Å². The first-order chi connectivity index (χ1) is 5.77. The highest BCUT2D eigenvalue weighted by Crippen LogP contribution is 2.20. The molecule has 0 amide bonds. The molecular formula is C10H13BrO. The molecule has 2 heteroatoms. The maximum absolute atomic E-state index is 5.07. The normalized spacial score (nSPS) is 12.6. The Hall–Kier alpha value is -0.500. The molecule has 12 heavy (non-hydrogen) atoms. The molecular weight excluding hydrogens is 216 g/mol. The molecule has 1 aromatic rings. The van der Waals surface area contributed by atoms with Crippen molar-refractivity contribution >= 4 is 15.9 Å². The summed E-state index contributed by atoms with van der Waals surface area (Å²) in [5.41, 5.74) is 1.34. The lowest BCUT2D eigenvalue weighted by Gasteiger charge is -2.08. The van der Waals surface area contributed by atoms with Crippen LogP contribution in [0.15, 0.2) is 24.3 Å². The van der Waals surface area contributed by atoms with Crippen LogP contribution in [0.3, 0.4) is 0 Å². The van der Waals surface area contributed by atoms with Crippen LogP contribution in [-0.2, 0) is 0 Å². The molecule has 0 radical (unpaired) electrons. The largest absolute Gasteiger partial charge is 0.497 e. The Morgan fingerprint density at radius 2 is 1.92 bits per heavy atom. The molecule has 0 saturated carbocycles. The zero-order chi connectivity index (χ0) is 8.97. The van der Waals surface area contributed by atoms with Crippen molar-refractivity contribution in [3.05, 3.63) is 29.8 Å². The molecule has 0 spiro atoms. The summed E-state index contributed by atoms with van der Waals surface area (Å²) >= 11 is 3.46. The van der Waals surface area contributed by atoms with Crippen LogP contribution in [0.1, 0.15) is 18.4 Å². The second kappa shape index (κ2) is 4.51. The predicted molar refractivity (Wildman–Crippen MR) is 55.2 cm³/mol. The monoisotopic (exact) mass is 228 g/mol. The topological polar surface area (TPSA) is 9.23 Å². The fourth-order valence-corrected chi connectivity index (χ4v) is 1.40. The van der Waals surface area contributed by atoms with Crippen LogP contribution in [0.5, 0.6) is 5.75 Å². The maximum atomic E-state index is 5.07. The molecule has 0 saturated heterocycles. The first-order valence-electron chi connectivity index (χ1n) is 3.98. The Bertz CT molecular complexity index is 230. The van der Waals surface area contributed by atoms with Crippen molar-refractivity contribution in [3.8, 4) is 5.75 Å². The lowest BCUT2D eigenvalue weighted by molar-refractivity contribution is 0.414. The van der Waals surface area contributed by atoms with Crippen LogP contribution in [0, 0.1) is 0 Å². The first-order valence-corrected chi connectivity index (χ1v) is 5.10. The maximum Gasteiger partial charge on any atom is 0.118 e. The third kappa shape index (κ3) is 2.24. The SMILES string of the molecule is COc1ccc([C@@H](C)CBr)cc1. The summed E-state index contributed by atoms with van der Waals surface area (Å²) in [6.45, 7) is 2.19. The molecule has 1 rings (SSSR count). The first kappa shape index (κ1) is 9.59. The fraction of sp³-hybridized carbons (Fsp3) is 0.400. The molecule has 66 valence electrons. The van der Waals surface area contributed by atoms with E-state index in [4.69, 9.17) is 4.74 Å².